The van der Waals surface area contributed by atoms with Gasteiger partial charge in [-0.2, -0.15) is 8.42 Å². The summed E-state index contributed by atoms with van der Waals surface area (Å²) in [6.07, 6.45) is 17.8. The normalized spacial score (nSPS) is 32.9. The SMILES string of the molecule is CCN(CCS(=O)(=O)O)C1CCC(/C=C(\SC2CCCCC2)C2=[N+](CC)C3CC(Cl)C(Cl)CC3N2CC)C(OC(=O)C2CCCCC2)C1. The van der Waals surface area contributed by atoms with Crippen LogP contribution in [0.15, 0.2) is 11.0 Å². The van der Waals surface area contributed by atoms with Crippen LogP contribution in [0.4, 0.5) is 0 Å². The molecule has 0 aromatic heterocycles. The molecule has 0 saturated heterocycles. The van der Waals surface area contributed by atoms with E-state index in [4.69, 9.17) is 27.9 Å². The van der Waals surface area contributed by atoms with Gasteiger partial charge in [-0.15, -0.1) is 35.0 Å². The van der Waals surface area contributed by atoms with Crippen molar-refractivity contribution in [3.63, 3.8) is 0 Å². The predicted molar refractivity (Wildman–Crippen MR) is 198 cm³/mol. The number of hydrogen-bond acceptors (Lipinski definition) is 7. The van der Waals surface area contributed by atoms with E-state index in [0.717, 1.165) is 64.5 Å². The molecule has 0 amide bonds. The minimum Gasteiger partial charge on any atom is -0.461 e. The number of carbonyl (C=O) groups excluding carboxylic acids is 1. The van der Waals surface area contributed by atoms with Crippen LogP contribution in [-0.4, -0.2) is 111 Å². The Labute approximate surface area is 304 Å². The van der Waals surface area contributed by atoms with Gasteiger partial charge < -0.3 is 4.74 Å². The second-order valence-corrected chi connectivity index (χ2v) is 18.8. The van der Waals surface area contributed by atoms with Gasteiger partial charge in [-0.25, -0.2) is 0 Å². The molecule has 7 atom stereocenters. The number of ether oxygens (including phenoxy) is 1. The van der Waals surface area contributed by atoms with Crippen LogP contribution in [0.25, 0.3) is 0 Å². The lowest BCUT2D eigenvalue weighted by Gasteiger charge is -2.40. The summed E-state index contributed by atoms with van der Waals surface area (Å²) in [6, 6.07) is 0.742. The van der Waals surface area contributed by atoms with E-state index in [9.17, 15) is 17.8 Å². The van der Waals surface area contributed by atoms with Crippen LogP contribution in [0.5, 0.6) is 0 Å². The number of hydrogen-bond donors (Lipinski definition) is 1. The number of likely N-dealkylation sites (N-methyl/N-ethyl adjacent to an activating group) is 2. The van der Waals surface area contributed by atoms with E-state index in [-0.39, 0.29) is 53.0 Å². The van der Waals surface area contributed by atoms with Crippen LogP contribution in [0, 0.1) is 11.8 Å². The van der Waals surface area contributed by atoms with Gasteiger partial charge in [0, 0.05) is 43.0 Å². The summed E-state index contributed by atoms with van der Waals surface area (Å²) >= 11 is 15.7. The Hall–Kier alpha value is -0.520. The number of thioether (sulfide) groups is 1. The monoisotopic (exact) mass is 748 g/mol. The molecule has 5 rings (SSSR count). The summed E-state index contributed by atoms with van der Waals surface area (Å²) in [5.41, 5.74) is 0. The van der Waals surface area contributed by atoms with Gasteiger partial charge in [0.1, 0.15) is 18.2 Å². The van der Waals surface area contributed by atoms with E-state index in [0.29, 0.717) is 30.3 Å². The van der Waals surface area contributed by atoms with Gasteiger partial charge in [-0.05, 0) is 58.9 Å². The van der Waals surface area contributed by atoms with Gasteiger partial charge in [0.05, 0.1) is 40.4 Å². The average Bonchev–Trinajstić information content (AvgIpc) is 3.38. The summed E-state index contributed by atoms with van der Waals surface area (Å²) in [5, 5.41) is 0.481. The number of nitrogens with zero attached hydrogens (tertiary/aromatic N) is 3. The highest BCUT2D eigenvalue weighted by atomic mass is 35.5. The fourth-order valence-electron chi connectivity index (χ4n) is 9.20. The van der Waals surface area contributed by atoms with E-state index >= 15 is 0 Å². The van der Waals surface area contributed by atoms with Crippen molar-refractivity contribution in [2.24, 2.45) is 11.8 Å². The largest absolute Gasteiger partial charge is 0.461 e. The molecule has 7 unspecified atom stereocenters. The number of amidine groups is 1. The third-order valence-electron chi connectivity index (χ3n) is 11.8. The Morgan fingerprint density at radius 3 is 2.27 bits per heavy atom. The first kappa shape index (κ1) is 38.7. The zero-order valence-electron chi connectivity index (χ0n) is 29.4. The van der Waals surface area contributed by atoms with E-state index in [1.165, 1.54) is 49.3 Å². The van der Waals surface area contributed by atoms with Crippen molar-refractivity contribution in [1.29, 1.82) is 0 Å². The van der Waals surface area contributed by atoms with Crippen molar-refractivity contribution >= 4 is 56.9 Å². The lowest BCUT2D eigenvalue weighted by molar-refractivity contribution is -0.558. The Morgan fingerprint density at radius 1 is 0.979 bits per heavy atom. The van der Waals surface area contributed by atoms with Gasteiger partial charge >= 0.3 is 5.97 Å². The highest BCUT2D eigenvalue weighted by Crippen LogP contribution is 2.43. The number of fused-ring (bicyclic) bond motifs is 1. The molecule has 4 saturated carbocycles. The van der Waals surface area contributed by atoms with Gasteiger partial charge in [0.15, 0.2) is 0 Å². The van der Waals surface area contributed by atoms with E-state index < -0.39 is 10.1 Å². The Morgan fingerprint density at radius 2 is 1.65 bits per heavy atom. The van der Waals surface area contributed by atoms with E-state index in [1.807, 2.05) is 18.7 Å². The van der Waals surface area contributed by atoms with Gasteiger partial charge in [0.25, 0.3) is 16.0 Å². The second kappa shape index (κ2) is 17.8. The average molecular weight is 750 g/mol. The third kappa shape index (κ3) is 9.67. The molecule has 5 aliphatic rings. The van der Waals surface area contributed by atoms with E-state index in [1.54, 1.807) is 0 Å². The molecule has 1 heterocycles. The number of carbonyl (C=O) groups is 1. The molecule has 0 bridgehead atoms. The van der Waals surface area contributed by atoms with Crippen molar-refractivity contribution in [3.8, 4) is 0 Å². The molecule has 4 fully saturated rings. The molecule has 1 aliphatic heterocycles. The fraction of sp³-hybridized carbons (Fsp3) is 0.889. The number of alkyl halides is 2. The smallest absolute Gasteiger partial charge is 0.309 e. The summed E-state index contributed by atoms with van der Waals surface area (Å²) in [4.78, 5) is 19.7. The van der Waals surface area contributed by atoms with Crippen molar-refractivity contribution < 1.29 is 27.1 Å². The fourth-order valence-corrected chi connectivity index (χ4v) is 11.8. The second-order valence-electron chi connectivity index (χ2n) is 14.8. The quantitative estimate of drug-likeness (QED) is 0.0908. The molecular weight excluding hydrogens is 689 g/mol. The molecule has 0 aromatic carbocycles. The number of halogens is 2. The molecule has 0 spiro atoms. The van der Waals surface area contributed by atoms with Gasteiger partial charge in [-0.1, -0.05) is 51.5 Å². The summed E-state index contributed by atoms with van der Waals surface area (Å²) in [5.74, 6) is 0.985. The van der Waals surface area contributed by atoms with Crippen molar-refractivity contribution in [2.75, 3.05) is 31.9 Å². The maximum atomic E-state index is 13.7. The van der Waals surface area contributed by atoms with Crippen LogP contribution < -0.4 is 0 Å². The Kier molecular flexibility index (Phi) is 14.4. The van der Waals surface area contributed by atoms with Crippen molar-refractivity contribution in [1.82, 2.24) is 9.80 Å². The molecule has 4 aliphatic carbocycles. The third-order valence-corrected chi connectivity index (χ3v) is 15.0. The molecule has 0 aromatic rings. The zero-order chi connectivity index (χ0) is 34.4. The standard InChI is InChI=1S/C36H59Cl2N3O5S2/c1-4-39(19-20-48(43,44)45)27-18-17-26(33(22-27)46-36(42)25-13-9-7-10-14-25)21-34(47-28-15-11-8-12-16-28)35-40(5-2)31-23-29(37)30(38)24-32(31)41(35)6-3/h21,25-33H,4-20,22-24H2,1-3H3/p+1/b34-21-. The molecule has 1 N–H and O–H groups in total. The molecule has 12 heteroatoms. The van der Waals surface area contributed by atoms with E-state index in [2.05, 4.69) is 34.3 Å². The molecule has 8 nitrogen and oxygen atoms in total. The lowest BCUT2D eigenvalue weighted by atomic mass is 9.82. The minimum atomic E-state index is -4.06. The first-order chi connectivity index (χ1) is 23.0. The first-order valence-electron chi connectivity index (χ1n) is 19.0. The summed E-state index contributed by atoms with van der Waals surface area (Å²) in [7, 11) is -4.06. The van der Waals surface area contributed by atoms with Crippen LogP contribution in [0.3, 0.4) is 0 Å². The van der Waals surface area contributed by atoms with Crippen LogP contribution in [0.1, 0.15) is 117 Å². The highest BCUT2D eigenvalue weighted by Gasteiger charge is 2.53. The molecular formula is C36H60Cl2N3O5S2+. The first-order valence-corrected chi connectivity index (χ1v) is 22.4. The Bertz CT molecular complexity index is 1250. The van der Waals surface area contributed by atoms with Crippen LogP contribution in [0.2, 0.25) is 0 Å². The summed E-state index contributed by atoms with van der Waals surface area (Å²) < 4.78 is 41.9. The maximum absolute atomic E-state index is 13.7. The maximum Gasteiger partial charge on any atom is 0.309 e. The minimum absolute atomic E-state index is 0.0351. The van der Waals surface area contributed by atoms with Crippen molar-refractivity contribution in [3.05, 3.63) is 11.0 Å². The lowest BCUT2D eigenvalue weighted by Crippen LogP contribution is -2.48. The number of esters is 1. The summed E-state index contributed by atoms with van der Waals surface area (Å²) in [6.45, 7) is 9.28. The Balaban J connectivity index is 1.49. The van der Waals surface area contributed by atoms with Gasteiger partial charge in [-0.3, -0.25) is 23.7 Å². The predicted octanol–water partition coefficient (Wildman–Crippen LogP) is 7.32. The van der Waals surface area contributed by atoms with Gasteiger partial charge in [0.2, 0.25) is 0 Å². The highest BCUT2D eigenvalue weighted by molar-refractivity contribution is 8.04. The van der Waals surface area contributed by atoms with Crippen molar-refractivity contribution in [2.45, 2.75) is 157 Å². The molecule has 0 radical (unpaired) electrons. The zero-order valence-corrected chi connectivity index (χ0v) is 32.6. The number of rotatable bonds is 13. The van der Waals surface area contributed by atoms with Crippen LogP contribution >= 0.6 is 35.0 Å². The topological polar surface area (TPSA) is 90.2 Å². The van der Waals surface area contributed by atoms with Crippen LogP contribution in [-0.2, 0) is 19.6 Å². The molecule has 274 valence electrons. The molecule has 48 heavy (non-hydrogen) atoms.